The maximum absolute atomic E-state index is 13.8. The van der Waals surface area contributed by atoms with Crippen molar-refractivity contribution in [2.45, 2.75) is 38.3 Å². The van der Waals surface area contributed by atoms with Crippen LogP contribution in [0.25, 0.3) is 0 Å². The highest BCUT2D eigenvalue weighted by Gasteiger charge is 2.45. The maximum atomic E-state index is 13.8. The smallest absolute Gasteiger partial charge is 0.241 e. The molecule has 2 amide bonds. The number of fused-ring (bicyclic) bond motifs is 2. The van der Waals surface area contributed by atoms with E-state index in [1.54, 1.807) is 0 Å². The molecular formula is C29H31N3O2. The van der Waals surface area contributed by atoms with Gasteiger partial charge in [0.1, 0.15) is 0 Å². The van der Waals surface area contributed by atoms with Gasteiger partial charge in [-0.05, 0) is 49.1 Å². The first kappa shape index (κ1) is 22.4. The third kappa shape index (κ3) is 4.62. The fourth-order valence-electron chi connectivity index (χ4n) is 5.34. The molecule has 1 heterocycles. The van der Waals surface area contributed by atoms with Crippen molar-refractivity contribution in [1.82, 2.24) is 5.32 Å². The summed E-state index contributed by atoms with van der Waals surface area (Å²) in [6, 6.07) is 28.2. The summed E-state index contributed by atoms with van der Waals surface area (Å²) in [5.74, 6) is 0.00212. The summed E-state index contributed by atoms with van der Waals surface area (Å²) in [6.45, 7) is 1.51. The lowest BCUT2D eigenvalue weighted by atomic mass is 10.0. The molecule has 0 saturated heterocycles. The molecule has 1 N–H and O–H groups in total. The Balaban J connectivity index is 1.39. The second-order valence-electron chi connectivity index (χ2n) is 9.18. The van der Waals surface area contributed by atoms with Crippen LogP contribution in [0.3, 0.4) is 0 Å². The zero-order chi connectivity index (χ0) is 23.3. The molecule has 3 aromatic carbocycles. The normalized spacial score (nSPS) is 19.5. The van der Waals surface area contributed by atoms with Crippen molar-refractivity contribution in [1.29, 1.82) is 0 Å². The van der Waals surface area contributed by atoms with Crippen molar-refractivity contribution >= 4 is 23.2 Å². The minimum atomic E-state index is -0.163. The van der Waals surface area contributed by atoms with E-state index in [0.29, 0.717) is 6.54 Å². The second kappa shape index (κ2) is 10.2. The standard InChI is InChI=1S/C29H31N3O2/c33-28(20-30-19-18-22-10-3-1-4-11-22)32-25-17-9-14-24(25)29(34)31(21-23-12-5-2-6-13-23)26-15-7-8-16-27(26)32/h1-8,10-13,15-16,24-25,30H,9,14,17-21H2/t24-,25+/m0/s1. The Kier molecular flexibility index (Phi) is 6.72. The van der Waals surface area contributed by atoms with Crippen molar-refractivity contribution in [3.05, 3.63) is 96.1 Å². The van der Waals surface area contributed by atoms with Gasteiger partial charge in [0.25, 0.3) is 0 Å². The van der Waals surface area contributed by atoms with Crippen LogP contribution in [0, 0.1) is 5.92 Å². The molecule has 1 aliphatic carbocycles. The van der Waals surface area contributed by atoms with E-state index in [1.165, 1.54) is 5.56 Å². The summed E-state index contributed by atoms with van der Waals surface area (Å²) in [6.07, 6.45) is 3.53. The van der Waals surface area contributed by atoms with Gasteiger partial charge in [-0.25, -0.2) is 0 Å². The van der Waals surface area contributed by atoms with Gasteiger partial charge in [0.15, 0.2) is 0 Å². The number of nitrogens with zero attached hydrogens (tertiary/aromatic N) is 2. The van der Waals surface area contributed by atoms with Crippen LogP contribution in [-0.2, 0) is 22.6 Å². The molecule has 34 heavy (non-hydrogen) atoms. The third-order valence-corrected chi connectivity index (χ3v) is 6.99. The Morgan fingerprint density at radius 1 is 0.824 bits per heavy atom. The van der Waals surface area contributed by atoms with Crippen molar-refractivity contribution in [2.75, 3.05) is 22.9 Å². The topological polar surface area (TPSA) is 52.7 Å². The lowest BCUT2D eigenvalue weighted by Gasteiger charge is -2.30. The van der Waals surface area contributed by atoms with Crippen LogP contribution in [0.4, 0.5) is 11.4 Å². The molecule has 1 saturated carbocycles. The van der Waals surface area contributed by atoms with E-state index < -0.39 is 0 Å². The van der Waals surface area contributed by atoms with E-state index in [9.17, 15) is 9.59 Å². The van der Waals surface area contributed by atoms with Crippen LogP contribution in [0.1, 0.15) is 30.4 Å². The molecule has 0 bridgehead atoms. The van der Waals surface area contributed by atoms with Gasteiger partial charge in [-0.2, -0.15) is 0 Å². The summed E-state index contributed by atoms with van der Waals surface area (Å²) >= 11 is 0. The highest BCUT2D eigenvalue weighted by Crippen LogP contribution is 2.43. The Labute approximate surface area is 201 Å². The summed E-state index contributed by atoms with van der Waals surface area (Å²) in [4.78, 5) is 31.1. The molecule has 2 atom stereocenters. The number of carbonyl (C=O) groups excluding carboxylic acids is 2. The predicted octanol–water partition coefficient (Wildman–Crippen LogP) is 4.57. The lowest BCUT2D eigenvalue weighted by Crippen LogP contribution is -2.48. The van der Waals surface area contributed by atoms with Gasteiger partial charge in [0.05, 0.1) is 30.4 Å². The van der Waals surface area contributed by atoms with Gasteiger partial charge in [0.2, 0.25) is 11.8 Å². The molecule has 5 rings (SSSR count). The number of hydrogen-bond donors (Lipinski definition) is 1. The SMILES string of the molecule is O=C1[C@H]2CCC[C@H]2N(C(=O)CNCCc2ccccc2)c2ccccc2N1Cc1ccccc1. The Hall–Kier alpha value is -3.44. The van der Waals surface area contributed by atoms with Crippen LogP contribution >= 0.6 is 0 Å². The summed E-state index contributed by atoms with van der Waals surface area (Å²) < 4.78 is 0. The number of nitrogens with one attached hydrogen (secondary N) is 1. The molecule has 3 aromatic rings. The van der Waals surface area contributed by atoms with Crippen molar-refractivity contribution in [3.8, 4) is 0 Å². The summed E-state index contributed by atoms with van der Waals surface area (Å²) in [7, 11) is 0. The number of benzene rings is 3. The van der Waals surface area contributed by atoms with E-state index in [-0.39, 0.29) is 30.3 Å². The van der Waals surface area contributed by atoms with Crippen LogP contribution in [0.15, 0.2) is 84.9 Å². The largest absolute Gasteiger partial charge is 0.308 e. The first-order chi connectivity index (χ1) is 16.7. The first-order valence-corrected chi connectivity index (χ1v) is 12.2. The molecule has 5 heteroatoms. The number of amides is 2. The fraction of sp³-hybridized carbons (Fsp3) is 0.310. The predicted molar refractivity (Wildman–Crippen MR) is 136 cm³/mol. The number of rotatable bonds is 7. The third-order valence-electron chi connectivity index (χ3n) is 6.99. The monoisotopic (exact) mass is 453 g/mol. The van der Waals surface area contributed by atoms with E-state index >= 15 is 0 Å². The number of carbonyl (C=O) groups is 2. The molecule has 1 aliphatic heterocycles. The minimum absolute atomic E-state index is 0.0340. The van der Waals surface area contributed by atoms with Crippen molar-refractivity contribution in [3.63, 3.8) is 0 Å². The zero-order valence-electron chi connectivity index (χ0n) is 19.4. The van der Waals surface area contributed by atoms with Crippen LogP contribution in [0.2, 0.25) is 0 Å². The van der Waals surface area contributed by atoms with Gasteiger partial charge in [-0.15, -0.1) is 0 Å². The first-order valence-electron chi connectivity index (χ1n) is 12.2. The Bertz CT molecular complexity index is 1130. The van der Waals surface area contributed by atoms with Crippen LogP contribution < -0.4 is 15.1 Å². The van der Waals surface area contributed by atoms with Crippen molar-refractivity contribution in [2.24, 2.45) is 5.92 Å². The van der Waals surface area contributed by atoms with Gasteiger partial charge in [0, 0.05) is 6.04 Å². The molecule has 0 radical (unpaired) electrons. The number of hydrogen-bond acceptors (Lipinski definition) is 3. The molecule has 0 unspecified atom stereocenters. The van der Waals surface area contributed by atoms with E-state index in [0.717, 1.165) is 49.2 Å². The molecule has 2 aliphatic rings. The van der Waals surface area contributed by atoms with E-state index in [2.05, 4.69) is 17.4 Å². The van der Waals surface area contributed by atoms with Gasteiger partial charge >= 0.3 is 0 Å². The van der Waals surface area contributed by atoms with Crippen LogP contribution in [0.5, 0.6) is 0 Å². The zero-order valence-corrected chi connectivity index (χ0v) is 19.4. The summed E-state index contributed by atoms with van der Waals surface area (Å²) in [5.41, 5.74) is 4.00. The molecule has 0 spiro atoms. The number of para-hydroxylation sites is 2. The highest BCUT2D eigenvalue weighted by atomic mass is 16.2. The average Bonchev–Trinajstić information content (AvgIpc) is 3.33. The molecule has 5 nitrogen and oxygen atoms in total. The Morgan fingerprint density at radius 2 is 1.47 bits per heavy atom. The molecule has 1 fully saturated rings. The maximum Gasteiger partial charge on any atom is 0.241 e. The minimum Gasteiger partial charge on any atom is -0.308 e. The lowest BCUT2D eigenvalue weighted by molar-refractivity contribution is -0.123. The van der Waals surface area contributed by atoms with Gasteiger partial charge in [-0.3, -0.25) is 9.59 Å². The number of anilines is 2. The van der Waals surface area contributed by atoms with Crippen LogP contribution in [-0.4, -0.2) is 30.9 Å². The molecule has 0 aromatic heterocycles. The Morgan fingerprint density at radius 3 is 2.21 bits per heavy atom. The quantitative estimate of drug-likeness (QED) is 0.534. The molecular weight excluding hydrogens is 422 g/mol. The van der Waals surface area contributed by atoms with Gasteiger partial charge < -0.3 is 15.1 Å². The second-order valence-corrected chi connectivity index (χ2v) is 9.18. The van der Waals surface area contributed by atoms with Crippen molar-refractivity contribution < 1.29 is 9.59 Å². The average molecular weight is 454 g/mol. The van der Waals surface area contributed by atoms with E-state index in [1.807, 2.05) is 82.6 Å². The van der Waals surface area contributed by atoms with Gasteiger partial charge in [-0.1, -0.05) is 79.2 Å². The molecule has 174 valence electrons. The van der Waals surface area contributed by atoms with E-state index in [4.69, 9.17) is 0 Å². The summed E-state index contributed by atoms with van der Waals surface area (Å²) in [5, 5.41) is 3.33. The highest BCUT2D eigenvalue weighted by molar-refractivity contribution is 6.07. The fourth-order valence-corrected chi connectivity index (χ4v) is 5.34.